The van der Waals surface area contributed by atoms with Crippen molar-refractivity contribution in [3.05, 3.63) is 235 Å². The Morgan fingerprint density at radius 3 is 1.68 bits per heavy atom. The Morgan fingerprint density at radius 1 is 0.415 bits per heavy atom. The molecule has 1 fully saturated rings. The molecule has 1 spiro atoms. The number of hydrogen-bond acceptors (Lipinski definition) is 4. The van der Waals surface area contributed by atoms with Crippen molar-refractivity contribution in [2.24, 2.45) is 0 Å². The van der Waals surface area contributed by atoms with Gasteiger partial charge in [0.05, 0.1) is 16.8 Å². The molecular weight excluding hydrogens is 809 g/mol. The van der Waals surface area contributed by atoms with E-state index < -0.39 is 5.41 Å². The second-order valence-electron chi connectivity index (χ2n) is 17.8. The van der Waals surface area contributed by atoms with Crippen LogP contribution in [-0.2, 0) is 5.41 Å². The summed E-state index contributed by atoms with van der Waals surface area (Å²) in [6.07, 6.45) is 6.07. The standard InChI is InChI=1S/C61H46N2OS/c1-4-18-41(19-5-1)42-34-36-45(37-35-42)62(43-20-6-2-7-21-43)55-30-16-25-49-50-26-17-31-56(60(50)64-59(49)55)63(44-22-8-3-9-23-44)46-38-39-48-47-24-10-11-27-51(47)61(54(48)40-46)52-28-12-14-32-57(52)65-58-33-15-13-29-53(58)61/h1,3-5,8-19,22-40,43H,2,6-7,20-21H2. The van der Waals surface area contributed by atoms with Gasteiger partial charge >= 0.3 is 0 Å². The number of nitrogens with zero attached hydrogens (tertiary/aromatic N) is 2. The smallest absolute Gasteiger partial charge is 0.159 e. The molecule has 3 nitrogen and oxygen atoms in total. The maximum Gasteiger partial charge on any atom is 0.159 e. The third kappa shape index (κ3) is 5.97. The molecule has 13 rings (SSSR count). The minimum Gasteiger partial charge on any atom is -0.452 e. The maximum atomic E-state index is 7.39. The van der Waals surface area contributed by atoms with Crippen molar-refractivity contribution in [1.29, 1.82) is 0 Å². The van der Waals surface area contributed by atoms with Crippen LogP contribution >= 0.6 is 11.8 Å². The lowest BCUT2D eigenvalue weighted by Gasteiger charge is -2.40. The van der Waals surface area contributed by atoms with Gasteiger partial charge in [-0.3, -0.25) is 0 Å². The van der Waals surface area contributed by atoms with Crippen molar-refractivity contribution in [3.8, 4) is 22.3 Å². The first-order valence-electron chi connectivity index (χ1n) is 23.1. The lowest BCUT2D eigenvalue weighted by molar-refractivity contribution is 0.435. The van der Waals surface area contributed by atoms with Crippen LogP contribution in [0.2, 0.25) is 0 Å². The lowest BCUT2D eigenvalue weighted by Crippen LogP contribution is -2.33. The maximum absolute atomic E-state index is 7.39. The van der Waals surface area contributed by atoms with Gasteiger partial charge in [-0.25, -0.2) is 0 Å². The van der Waals surface area contributed by atoms with Crippen molar-refractivity contribution in [3.63, 3.8) is 0 Å². The molecule has 3 aliphatic rings. The van der Waals surface area contributed by atoms with Crippen molar-refractivity contribution in [1.82, 2.24) is 0 Å². The highest BCUT2D eigenvalue weighted by molar-refractivity contribution is 7.99. The minimum absolute atomic E-state index is 0.377. The van der Waals surface area contributed by atoms with E-state index in [4.69, 9.17) is 4.42 Å². The van der Waals surface area contributed by atoms with E-state index in [0.29, 0.717) is 6.04 Å². The highest BCUT2D eigenvalue weighted by Gasteiger charge is 2.50. The molecule has 0 atom stereocenters. The van der Waals surface area contributed by atoms with Crippen molar-refractivity contribution >= 4 is 62.1 Å². The van der Waals surface area contributed by atoms with Crippen LogP contribution in [0.1, 0.15) is 54.4 Å². The second-order valence-corrected chi connectivity index (χ2v) is 18.9. The molecule has 0 saturated heterocycles. The largest absolute Gasteiger partial charge is 0.452 e. The van der Waals surface area contributed by atoms with Gasteiger partial charge in [-0.05, 0) is 118 Å². The number of anilines is 5. The van der Waals surface area contributed by atoms with E-state index in [9.17, 15) is 0 Å². The minimum atomic E-state index is -0.481. The molecule has 9 aromatic carbocycles. The summed E-state index contributed by atoms with van der Waals surface area (Å²) in [4.78, 5) is 7.61. The van der Waals surface area contributed by atoms with Crippen LogP contribution in [0, 0.1) is 0 Å². The SMILES string of the molecule is c1ccc(-c2ccc(N(c3cccc4c3oc3c(N(c5ccccc5)c5ccc6c(c5)C5(c7ccccc7Sc7ccccc75)c5ccccc5-6)cccc34)C3CCCCC3)cc2)cc1. The summed E-state index contributed by atoms with van der Waals surface area (Å²) in [5, 5.41) is 2.24. The van der Waals surface area contributed by atoms with Crippen LogP contribution < -0.4 is 9.80 Å². The third-order valence-electron chi connectivity index (χ3n) is 14.3. The van der Waals surface area contributed by atoms with E-state index in [0.717, 1.165) is 57.5 Å². The van der Waals surface area contributed by atoms with Crippen LogP contribution in [-0.4, -0.2) is 6.04 Å². The number of fused-ring (bicyclic) bond motifs is 12. The Labute approximate surface area is 384 Å². The van der Waals surface area contributed by atoms with Gasteiger partial charge in [-0.15, -0.1) is 0 Å². The van der Waals surface area contributed by atoms with Gasteiger partial charge in [0.15, 0.2) is 11.2 Å². The predicted octanol–water partition coefficient (Wildman–Crippen LogP) is 17.0. The van der Waals surface area contributed by atoms with Crippen LogP contribution in [0.3, 0.4) is 0 Å². The lowest BCUT2D eigenvalue weighted by atomic mass is 9.67. The second kappa shape index (κ2) is 15.5. The number of para-hydroxylation sites is 3. The van der Waals surface area contributed by atoms with Gasteiger partial charge < -0.3 is 14.2 Å². The molecule has 0 bridgehead atoms. The molecule has 1 aliphatic heterocycles. The Hall–Kier alpha value is -7.27. The van der Waals surface area contributed by atoms with E-state index in [1.54, 1.807) is 0 Å². The summed E-state index contributed by atoms with van der Waals surface area (Å²) >= 11 is 1.88. The predicted molar refractivity (Wildman–Crippen MR) is 271 cm³/mol. The molecule has 0 radical (unpaired) electrons. The summed E-state index contributed by atoms with van der Waals surface area (Å²) in [5.74, 6) is 0. The topological polar surface area (TPSA) is 19.6 Å². The molecule has 2 aliphatic carbocycles. The number of furan rings is 1. The summed E-state index contributed by atoms with van der Waals surface area (Å²) < 4.78 is 7.39. The summed E-state index contributed by atoms with van der Waals surface area (Å²) in [5.41, 5.74) is 17.2. The van der Waals surface area contributed by atoms with E-state index >= 15 is 0 Å². The van der Waals surface area contributed by atoms with Crippen LogP contribution in [0.25, 0.3) is 44.2 Å². The Kier molecular flexibility index (Phi) is 9.09. The van der Waals surface area contributed by atoms with E-state index in [1.807, 2.05) is 11.8 Å². The molecule has 4 heteroatoms. The molecule has 2 heterocycles. The Morgan fingerprint density at radius 2 is 0.969 bits per heavy atom. The van der Waals surface area contributed by atoms with Crippen molar-refractivity contribution in [2.45, 2.75) is 53.4 Å². The monoisotopic (exact) mass is 854 g/mol. The van der Waals surface area contributed by atoms with Gasteiger partial charge in [0, 0.05) is 43.7 Å². The van der Waals surface area contributed by atoms with E-state index in [2.05, 4.69) is 222 Å². The van der Waals surface area contributed by atoms with Crippen LogP contribution in [0.15, 0.2) is 227 Å². The molecule has 1 saturated carbocycles. The highest BCUT2D eigenvalue weighted by Crippen LogP contribution is 2.63. The number of hydrogen-bond donors (Lipinski definition) is 0. The van der Waals surface area contributed by atoms with Crippen LogP contribution in [0.5, 0.6) is 0 Å². The highest BCUT2D eigenvalue weighted by atomic mass is 32.2. The molecule has 65 heavy (non-hydrogen) atoms. The first-order valence-corrected chi connectivity index (χ1v) is 23.9. The van der Waals surface area contributed by atoms with E-state index in [-0.39, 0.29) is 0 Å². The molecule has 0 N–H and O–H groups in total. The molecular formula is C61H46N2OS. The Bertz CT molecular complexity index is 3360. The fourth-order valence-electron chi connectivity index (χ4n) is 11.5. The quantitative estimate of drug-likeness (QED) is 0.159. The average molecular weight is 855 g/mol. The molecule has 312 valence electrons. The van der Waals surface area contributed by atoms with Crippen molar-refractivity contribution < 1.29 is 4.42 Å². The Balaban J connectivity index is 1.01. The van der Waals surface area contributed by atoms with Gasteiger partial charge in [0.2, 0.25) is 0 Å². The fourth-order valence-corrected chi connectivity index (χ4v) is 12.7. The fraction of sp³-hybridized carbons (Fsp3) is 0.115. The molecule has 1 aromatic heterocycles. The summed E-state index contributed by atoms with van der Waals surface area (Å²) in [6.45, 7) is 0. The molecule has 0 amide bonds. The van der Waals surface area contributed by atoms with Gasteiger partial charge in [0.25, 0.3) is 0 Å². The first kappa shape index (κ1) is 38.2. The zero-order valence-electron chi connectivity index (χ0n) is 36.0. The molecule has 0 unspecified atom stereocenters. The van der Waals surface area contributed by atoms with Gasteiger partial charge in [-0.2, -0.15) is 0 Å². The van der Waals surface area contributed by atoms with Crippen LogP contribution in [0.4, 0.5) is 28.4 Å². The molecule has 10 aromatic rings. The van der Waals surface area contributed by atoms with Gasteiger partial charge in [0.1, 0.15) is 0 Å². The average Bonchev–Trinajstić information content (AvgIpc) is 3.90. The summed E-state index contributed by atoms with van der Waals surface area (Å²) in [6, 6.07) is 78.7. The summed E-state index contributed by atoms with van der Waals surface area (Å²) in [7, 11) is 0. The normalized spacial score (nSPS) is 14.8. The number of benzene rings is 9. The zero-order chi connectivity index (χ0) is 42.9. The number of rotatable bonds is 7. The first-order chi connectivity index (χ1) is 32.3. The van der Waals surface area contributed by atoms with E-state index in [1.165, 1.54) is 79.2 Å². The van der Waals surface area contributed by atoms with Crippen molar-refractivity contribution in [2.75, 3.05) is 9.80 Å². The zero-order valence-corrected chi connectivity index (χ0v) is 36.8. The van der Waals surface area contributed by atoms with Gasteiger partial charge in [-0.1, -0.05) is 183 Å². The third-order valence-corrected chi connectivity index (χ3v) is 15.4.